The number of methoxy groups -OCH3 is 1. The molecule has 0 amide bonds. The highest BCUT2D eigenvalue weighted by atomic mass is 79.9. The third-order valence-electron chi connectivity index (χ3n) is 3.36. The number of nitrogens with two attached hydrogens (primary N) is 1. The van der Waals surface area contributed by atoms with Gasteiger partial charge in [0.25, 0.3) is 0 Å². The summed E-state index contributed by atoms with van der Waals surface area (Å²) in [6.07, 6.45) is 3.40. The van der Waals surface area contributed by atoms with E-state index in [0.29, 0.717) is 12.4 Å². The third kappa shape index (κ3) is 3.07. The minimum Gasteiger partial charge on any atom is -0.480 e. The van der Waals surface area contributed by atoms with E-state index in [1.54, 1.807) is 36.3 Å². The lowest BCUT2D eigenvalue weighted by Crippen LogP contribution is -2.12. The summed E-state index contributed by atoms with van der Waals surface area (Å²) < 4.78 is 30.3. The van der Waals surface area contributed by atoms with Gasteiger partial charge in [0.1, 0.15) is 4.47 Å². The minimum atomic E-state index is -3.69. The van der Waals surface area contributed by atoms with Crippen LogP contribution in [0, 0.1) is 0 Å². The van der Waals surface area contributed by atoms with Gasteiger partial charge in [-0.1, -0.05) is 12.1 Å². The van der Waals surface area contributed by atoms with Crippen LogP contribution in [0.25, 0.3) is 10.9 Å². The van der Waals surface area contributed by atoms with Crippen molar-refractivity contribution in [3.05, 3.63) is 46.7 Å². The van der Waals surface area contributed by atoms with Crippen molar-refractivity contribution in [1.29, 1.82) is 0 Å². The normalized spacial score (nSPS) is 11.8. The Morgan fingerprint density at radius 3 is 2.57 bits per heavy atom. The molecule has 0 aliphatic heterocycles. The number of hydrogen-bond donors (Lipinski definition) is 1. The second kappa shape index (κ2) is 5.91. The Balaban J connectivity index is 1.99. The zero-order chi connectivity index (χ0) is 16.6. The van der Waals surface area contributed by atoms with E-state index in [4.69, 9.17) is 9.88 Å². The van der Waals surface area contributed by atoms with Crippen LogP contribution in [-0.2, 0) is 16.6 Å². The molecule has 3 rings (SSSR count). The summed E-state index contributed by atoms with van der Waals surface area (Å²) in [5.74, 6) is 0.476. The molecule has 0 fully saturated rings. The van der Waals surface area contributed by atoms with Crippen molar-refractivity contribution < 1.29 is 13.2 Å². The van der Waals surface area contributed by atoms with E-state index in [0.717, 1.165) is 20.9 Å². The molecule has 2 N–H and O–H groups in total. The molecule has 7 nitrogen and oxygen atoms in total. The number of nitrogens with zero attached hydrogens (tertiary/aromatic N) is 3. The Kier molecular flexibility index (Phi) is 4.09. The fourth-order valence-electron chi connectivity index (χ4n) is 2.24. The molecule has 3 aromatic rings. The number of aromatic nitrogens is 3. The van der Waals surface area contributed by atoms with Gasteiger partial charge in [-0.25, -0.2) is 18.5 Å². The molecular weight excluding hydrogens is 384 g/mol. The Labute approximate surface area is 141 Å². The van der Waals surface area contributed by atoms with Gasteiger partial charge in [0.2, 0.25) is 15.9 Å². The molecule has 2 aromatic heterocycles. The molecule has 2 heterocycles. The van der Waals surface area contributed by atoms with E-state index in [-0.39, 0.29) is 4.90 Å². The predicted molar refractivity (Wildman–Crippen MR) is 88.7 cm³/mol. The summed E-state index contributed by atoms with van der Waals surface area (Å²) in [4.78, 5) is 4.26. The molecule has 9 heteroatoms. The fourth-order valence-corrected chi connectivity index (χ4v) is 3.45. The van der Waals surface area contributed by atoms with Gasteiger partial charge >= 0.3 is 0 Å². The van der Waals surface area contributed by atoms with E-state index in [9.17, 15) is 8.42 Å². The first-order valence-corrected chi connectivity index (χ1v) is 8.90. The molecule has 1 aromatic carbocycles. The molecular formula is C14H13BrN4O3S. The molecule has 23 heavy (non-hydrogen) atoms. The molecule has 0 radical (unpaired) electrons. The molecule has 0 aliphatic carbocycles. The summed E-state index contributed by atoms with van der Waals surface area (Å²) >= 11 is 3.48. The standard InChI is InChI=1S/C14H13BrN4O3S/c1-22-14-12(15)13-10(6-17-14)7-18-19(13)8-9-2-4-11(5-3-9)23(16,20)21/h2-7H,8H2,1H3,(H2,16,20,21). The van der Waals surface area contributed by atoms with Crippen molar-refractivity contribution in [2.24, 2.45) is 5.14 Å². The molecule has 0 saturated heterocycles. The van der Waals surface area contributed by atoms with Crippen molar-refractivity contribution >= 4 is 36.9 Å². The van der Waals surface area contributed by atoms with Crippen LogP contribution in [0.5, 0.6) is 5.88 Å². The Bertz CT molecular complexity index is 968. The molecule has 0 atom stereocenters. The molecule has 0 unspecified atom stereocenters. The van der Waals surface area contributed by atoms with Gasteiger partial charge in [0.05, 0.1) is 30.3 Å². The predicted octanol–water partition coefficient (Wildman–Crippen LogP) is 1.90. The van der Waals surface area contributed by atoms with Crippen LogP contribution in [0.1, 0.15) is 5.56 Å². The highest BCUT2D eigenvalue weighted by molar-refractivity contribution is 9.10. The van der Waals surface area contributed by atoms with Crippen molar-refractivity contribution in [1.82, 2.24) is 14.8 Å². The first kappa shape index (κ1) is 15.9. The topological polar surface area (TPSA) is 100 Å². The van der Waals surface area contributed by atoms with Crippen molar-refractivity contribution in [2.75, 3.05) is 7.11 Å². The molecule has 0 spiro atoms. The maximum Gasteiger partial charge on any atom is 0.238 e. The van der Waals surface area contributed by atoms with Gasteiger partial charge in [-0.05, 0) is 33.6 Å². The van der Waals surface area contributed by atoms with Crippen LogP contribution in [0.2, 0.25) is 0 Å². The summed E-state index contributed by atoms with van der Waals surface area (Å²) in [5.41, 5.74) is 1.75. The van der Waals surface area contributed by atoms with Gasteiger partial charge in [0, 0.05) is 11.6 Å². The molecule has 0 bridgehead atoms. The monoisotopic (exact) mass is 396 g/mol. The molecule has 0 aliphatic rings. The fraction of sp³-hybridized carbons (Fsp3) is 0.143. The smallest absolute Gasteiger partial charge is 0.238 e. The maximum absolute atomic E-state index is 11.3. The zero-order valence-electron chi connectivity index (χ0n) is 12.1. The van der Waals surface area contributed by atoms with Gasteiger partial charge < -0.3 is 4.74 Å². The second-order valence-electron chi connectivity index (χ2n) is 4.88. The Morgan fingerprint density at radius 1 is 1.26 bits per heavy atom. The number of rotatable bonds is 4. The van der Waals surface area contributed by atoms with Crippen LogP contribution in [0.3, 0.4) is 0 Å². The lowest BCUT2D eigenvalue weighted by Gasteiger charge is -2.08. The molecule has 0 saturated carbocycles. The largest absolute Gasteiger partial charge is 0.480 e. The number of primary sulfonamides is 1. The number of ether oxygens (including phenoxy) is 1. The summed E-state index contributed by atoms with van der Waals surface area (Å²) in [7, 11) is -2.14. The quantitative estimate of drug-likeness (QED) is 0.725. The van der Waals surface area contributed by atoms with E-state index >= 15 is 0 Å². The number of halogens is 1. The lowest BCUT2D eigenvalue weighted by atomic mass is 10.2. The number of sulfonamides is 1. The highest BCUT2D eigenvalue weighted by Gasteiger charge is 2.13. The maximum atomic E-state index is 11.3. The number of fused-ring (bicyclic) bond motifs is 1. The van der Waals surface area contributed by atoms with Gasteiger partial charge in [-0.15, -0.1) is 0 Å². The van der Waals surface area contributed by atoms with E-state index < -0.39 is 10.0 Å². The van der Waals surface area contributed by atoms with Crippen LogP contribution in [0.4, 0.5) is 0 Å². The average Bonchev–Trinajstić information content (AvgIpc) is 2.91. The van der Waals surface area contributed by atoms with E-state index in [2.05, 4.69) is 26.0 Å². The van der Waals surface area contributed by atoms with E-state index in [1.165, 1.54) is 12.1 Å². The summed E-state index contributed by atoms with van der Waals surface area (Å²) in [5, 5.41) is 10.3. The SMILES string of the molecule is COc1ncc2cnn(Cc3ccc(S(N)(=O)=O)cc3)c2c1Br. The first-order valence-electron chi connectivity index (χ1n) is 6.56. The van der Waals surface area contributed by atoms with Crippen molar-refractivity contribution in [2.45, 2.75) is 11.4 Å². The van der Waals surface area contributed by atoms with Gasteiger partial charge in [0.15, 0.2) is 0 Å². The molecule has 120 valence electrons. The Morgan fingerprint density at radius 2 is 1.96 bits per heavy atom. The van der Waals surface area contributed by atoms with Gasteiger partial charge in [-0.2, -0.15) is 5.10 Å². The summed E-state index contributed by atoms with van der Waals surface area (Å²) in [6.45, 7) is 0.472. The third-order valence-corrected chi connectivity index (χ3v) is 5.01. The van der Waals surface area contributed by atoms with Crippen molar-refractivity contribution in [3.63, 3.8) is 0 Å². The number of pyridine rings is 1. The van der Waals surface area contributed by atoms with Gasteiger partial charge in [-0.3, -0.25) is 4.68 Å². The summed E-state index contributed by atoms with van der Waals surface area (Å²) in [6, 6.07) is 6.38. The van der Waals surface area contributed by atoms with Crippen molar-refractivity contribution in [3.8, 4) is 5.88 Å². The number of hydrogen-bond acceptors (Lipinski definition) is 5. The zero-order valence-corrected chi connectivity index (χ0v) is 14.5. The van der Waals surface area contributed by atoms with Crippen LogP contribution in [0.15, 0.2) is 46.0 Å². The highest BCUT2D eigenvalue weighted by Crippen LogP contribution is 2.31. The lowest BCUT2D eigenvalue weighted by molar-refractivity contribution is 0.395. The van der Waals surface area contributed by atoms with E-state index in [1.807, 2.05) is 0 Å². The Hall–Kier alpha value is -1.97. The minimum absolute atomic E-state index is 0.0821. The van der Waals surface area contributed by atoms with Crippen LogP contribution in [-0.4, -0.2) is 30.3 Å². The first-order chi connectivity index (χ1) is 10.9. The average molecular weight is 397 g/mol. The second-order valence-corrected chi connectivity index (χ2v) is 7.23. The van der Waals surface area contributed by atoms with Crippen LogP contribution < -0.4 is 9.88 Å². The van der Waals surface area contributed by atoms with Crippen LogP contribution >= 0.6 is 15.9 Å². The number of benzene rings is 1.